The van der Waals surface area contributed by atoms with Crippen molar-refractivity contribution in [2.75, 3.05) is 0 Å². The summed E-state index contributed by atoms with van der Waals surface area (Å²) < 4.78 is 0. The maximum atomic E-state index is 2.38. The molecule has 0 amide bonds. The summed E-state index contributed by atoms with van der Waals surface area (Å²) in [5, 5.41) is 2.26. The molecule has 0 spiro atoms. The van der Waals surface area contributed by atoms with Crippen LogP contribution in [-0.2, 0) is 0 Å². The molecule has 0 aromatic heterocycles. The number of allylic oxidation sites excluding steroid dienone is 10. The van der Waals surface area contributed by atoms with Crippen molar-refractivity contribution in [2.45, 2.75) is 53.9 Å². The minimum absolute atomic E-state index is 0.295. The zero-order valence-corrected chi connectivity index (χ0v) is 16.2. The second-order valence-electron chi connectivity index (χ2n) is 6.42. The monoisotopic (exact) mass is 393 g/mol. The van der Waals surface area contributed by atoms with E-state index in [1.165, 1.54) is 41.5 Å². The predicted octanol–water partition coefficient (Wildman–Crippen LogP) is 6.53. The SMILES string of the molecule is C/C=C(C)/C=C/C=C(C)/C=C/C1=C([B]I)CCCC1(C)C. The van der Waals surface area contributed by atoms with Gasteiger partial charge in [-0.3, -0.25) is 0 Å². The largest absolute Gasteiger partial charge is 0.232 e. The summed E-state index contributed by atoms with van der Waals surface area (Å²) in [7, 11) is 0. The Morgan fingerprint density at radius 2 is 1.90 bits per heavy atom. The molecule has 1 aliphatic carbocycles. The Morgan fingerprint density at radius 1 is 1.19 bits per heavy atom. The van der Waals surface area contributed by atoms with Crippen LogP contribution in [0.15, 0.2) is 58.6 Å². The molecule has 0 aromatic carbocycles. The smallest absolute Gasteiger partial charge is 0.152 e. The number of halogens is 1. The molecular weight excluding hydrogens is 366 g/mol. The molecule has 1 radical (unpaired) electrons. The van der Waals surface area contributed by atoms with Crippen molar-refractivity contribution >= 4 is 27.5 Å². The van der Waals surface area contributed by atoms with Crippen LogP contribution >= 0.6 is 22.4 Å². The van der Waals surface area contributed by atoms with Crippen LogP contribution in [0, 0.1) is 5.41 Å². The molecule has 1 rings (SSSR count). The Kier molecular flexibility index (Phi) is 7.79. The Balaban J connectivity index is 2.89. The van der Waals surface area contributed by atoms with Crippen LogP contribution in [0.5, 0.6) is 0 Å². The molecule has 0 N–H and O–H groups in total. The molecule has 0 bridgehead atoms. The Hall–Kier alpha value is -0.505. The lowest BCUT2D eigenvalue weighted by molar-refractivity contribution is 0.382. The highest BCUT2D eigenvalue weighted by atomic mass is 127. The molecule has 2 heteroatoms. The van der Waals surface area contributed by atoms with Gasteiger partial charge >= 0.3 is 0 Å². The lowest BCUT2D eigenvalue weighted by atomic mass is 9.67. The standard InChI is InChI=1S/C19H27BI/c1-6-15(2)9-7-10-16(3)12-13-17-18(20-21)11-8-14-19(17,4)5/h6-7,9-10,12-13H,8,11,14H2,1-5H3/b9-7+,13-12+,15-6+,16-10+. The van der Waals surface area contributed by atoms with Crippen molar-refractivity contribution in [3.8, 4) is 0 Å². The fourth-order valence-corrected chi connectivity index (χ4v) is 3.24. The van der Waals surface area contributed by atoms with E-state index in [4.69, 9.17) is 0 Å². The van der Waals surface area contributed by atoms with E-state index < -0.39 is 0 Å². The van der Waals surface area contributed by atoms with Crippen molar-refractivity contribution < 1.29 is 0 Å². The normalized spacial score (nSPS) is 20.7. The minimum atomic E-state index is 0.295. The van der Waals surface area contributed by atoms with Gasteiger partial charge in [0.15, 0.2) is 0 Å². The van der Waals surface area contributed by atoms with Gasteiger partial charge in [0.1, 0.15) is 0 Å². The molecule has 0 saturated carbocycles. The highest BCUT2D eigenvalue weighted by molar-refractivity contribution is 14.1. The van der Waals surface area contributed by atoms with Crippen LogP contribution in [0.4, 0.5) is 0 Å². The van der Waals surface area contributed by atoms with Gasteiger partial charge in [-0.05, 0) is 45.4 Å². The van der Waals surface area contributed by atoms with Gasteiger partial charge in [0.25, 0.3) is 0 Å². The van der Waals surface area contributed by atoms with Gasteiger partial charge in [-0.15, -0.1) is 0 Å². The zero-order valence-electron chi connectivity index (χ0n) is 14.0. The zero-order chi connectivity index (χ0) is 15.9. The molecular formula is C19H27BI. The van der Waals surface area contributed by atoms with Gasteiger partial charge in [-0.2, -0.15) is 22.4 Å². The van der Waals surface area contributed by atoms with Crippen molar-refractivity contribution in [3.63, 3.8) is 0 Å². The Morgan fingerprint density at radius 3 is 2.52 bits per heavy atom. The Bertz CT molecular complexity index is 502. The van der Waals surface area contributed by atoms with Crippen LogP contribution in [0.2, 0.25) is 0 Å². The van der Waals surface area contributed by atoms with Crippen molar-refractivity contribution in [3.05, 3.63) is 58.6 Å². The van der Waals surface area contributed by atoms with Gasteiger partial charge in [-0.1, -0.05) is 72.5 Å². The van der Waals surface area contributed by atoms with E-state index in [9.17, 15) is 0 Å². The van der Waals surface area contributed by atoms with Crippen LogP contribution in [-0.4, -0.2) is 5.14 Å². The summed E-state index contributed by atoms with van der Waals surface area (Å²) >= 11 is 2.38. The first kappa shape index (κ1) is 18.5. The average Bonchev–Trinajstić information content (AvgIpc) is 2.44. The summed E-state index contributed by atoms with van der Waals surface area (Å²) in [4.78, 5) is 0. The van der Waals surface area contributed by atoms with E-state index in [1.807, 2.05) is 0 Å². The molecule has 0 aromatic rings. The van der Waals surface area contributed by atoms with Gasteiger partial charge in [-0.25, -0.2) is 0 Å². The lowest BCUT2D eigenvalue weighted by Gasteiger charge is -2.33. The molecule has 21 heavy (non-hydrogen) atoms. The number of rotatable bonds is 5. The highest BCUT2D eigenvalue weighted by Gasteiger charge is 2.27. The topological polar surface area (TPSA) is 0 Å². The van der Waals surface area contributed by atoms with Gasteiger partial charge in [0.2, 0.25) is 5.14 Å². The van der Waals surface area contributed by atoms with Crippen LogP contribution in [0.3, 0.4) is 0 Å². The van der Waals surface area contributed by atoms with Crippen molar-refractivity contribution in [2.24, 2.45) is 5.41 Å². The van der Waals surface area contributed by atoms with E-state index in [1.54, 1.807) is 0 Å². The van der Waals surface area contributed by atoms with E-state index in [0.29, 0.717) is 5.41 Å². The molecule has 0 fully saturated rings. The van der Waals surface area contributed by atoms with Gasteiger partial charge in [0.05, 0.1) is 0 Å². The van der Waals surface area contributed by atoms with Crippen LogP contribution in [0.25, 0.3) is 0 Å². The quantitative estimate of drug-likeness (QED) is 0.283. The third kappa shape index (κ3) is 6.02. The average molecular weight is 393 g/mol. The third-order valence-corrected chi connectivity index (χ3v) is 4.89. The number of hydrogen-bond donors (Lipinski definition) is 0. The lowest BCUT2D eigenvalue weighted by Crippen LogP contribution is -2.21. The van der Waals surface area contributed by atoms with Crippen LogP contribution in [0.1, 0.15) is 53.9 Å². The predicted molar refractivity (Wildman–Crippen MR) is 106 cm³/mol. The van der Waals surface area contributed by atoms with Crippen LogP contribution < -0.4 is 0 Å². The summed E-state index contributed by atoms with van der Waals surface area (Å²) in [6.45, 7) is 11.1. The van der Waals surface area contributed by atoms with E-state index in [0.717, 1.165) is 0 Å². The number of hydrogen-bond acceptors (Lipinski definition) is 0. The van der Waals surface area contributed by atoms with Gasteiger partial charge in [0, 0.05) is 0 Å². The molecule has 0 saturated heterocycles. The summed E-state index contributed by atoms with van der Waals surface area (Å²) in [6, 6.07) is 0. The van der Waals surface area contributed by atoms with E-state index in [2.05, 4.69) is 98.6 Å². The minimum Gasteiger partial charge on any atom is -0.152 e. The molecule has 0 heterocycles. The molecule has 1 aliphatic rings. The highest BCUT2D eigenvalue weighted by Crippen LogP contribution is 2.41. The maximum Gasteiger partial charge on any atom is 0.232 e. The molecule has 0 nitrogen and oxygen atoms in total. The summed E-state index contributed by atoms with van der Waals surface area (Å²) in [5.41, 5.74) is 5.89. The summed E-state index contributed by atoms with van der Waals surface area (Å²) in [6.07, 6.45) is 16.9. The fourth-order valence-electron chi connectivity index (χ4n) is 2.59. The molecule has 113 valence electrons. The first-order chi connectivity index (χ1) is 9.90. The fraction of sp³-hybridized carbons (Fsp3) is 0.474. The first-order valence-corrected chi connectivity index (χ1v) is 8.98. The second kappa shape index (κ2) is 8.82. The first-order valence-electron chi connectivity index (χ1n) is 7.73. The van der Waals surface area contributed by atoms with Crippen molar-refractivity contribution in [1.82, 2.24) is 0 Å². The third-order valence-electron chi connectivity index (χ3n) is 4.14. The molecule has 0 aliphatic heterocycles. The van der Waals surface area contributed by atoms with Gasteiger partial charge < -0.3 is 0 Å². The van der Waals surface area contributed by atoms with E-state index in [-0.39, 0.29) is 0 Å². The Labute approximate surface area is 145 Å². The molecule has 0 atom stereocenters. The van der Waals surface area contributed by atoms with E-state index >= 15 is 0 Å². The molecule has 0 unspecified atom stereocenters. The summed E-state index contributed by atoms with van der Waals surface area (Å²) in [5.74, 6) is 0. The second-order valence-corrected chi connectivity index (χ2v) is 7.04. The maximum absolute atomic E-state index is 2.38. The van der Waals surface area contributed by atoms with Crippen molar-refractivity contribution in [1.29, 1.82) is 0 Å².